The minimum absolute atomic E-state index is 0.377. The Balaban J connectivity index is 2.78. The molecule has 1 aromatic heterocycles. The second kappa shape index (κ2) is 3.28. The van der Waals surface area contributed by atoms with E-state index in [1.807, 2.05) is 0 Å². The molecule has 0 saturated carbocycles. The van der Waals surface area contributed by atoms with Crippen LogP contribution >= 0.6 is 11.3 Å². The van der Waals surface area contributed by atoms with E-state index >= 15 is 0 Å². The zero-order chi connectivity index (χ0) is 9.19. The summed E-state index contributed by atoms with van der Waals surface area (Å²) in [5, 5.41) is 4.05. The normalized spacial score (nSPS) is 11.2. The van der Waals surface area contributed by atoms with E-state index in [0.29, 0.717) is 5.13 Å². The highest BCUT2D eigenvalue weighted by atomic mass is 32.2. The summed E-state index contributed by atoms with van der Waals surface area (Å²) < 4.78 is 23.7. The lowest BCUT2D eigenvalue weighted by atomic mass is 10.8. The number of hydrogen-bond acceptors (Lipinski definition) is 5. The quantitative estimate of drug-likeness (QED) is 0.759. The number of nitrogens with one attached hydrogen (secondary N) is 2. The number of hydrogen-bond donors (Lipinski definition) is 2. The summed E-state index contributed by atoms with van der Waals surface area (Å²) in [5.41, 5.74) is 0. The van der Waals surface area contributed by atoms with Crippen LogP contribution in [-0.4, -0.2) is 26.7 Å². The van der Waals surface area contributed by atoms with Crippen molar-refractivity contribution in [3.63, 3.8) is 0 Å². The van der Waals surface area contributed by atoms with Crippen LogP contribution in [-0.2, 0) is 10.0 Å². The molecule has 0 unspecified atom stereocenters. The first kappa shape index (κ1) is 9.27. The van der Waals surface area contributed by atoms with Crippen LogP contribution < -0.4 is 10.0 Å². The van der Waals surface area contributed by atoms with Crippen molar-refractivity contribution in [2.24, 2.45) is 0 Å². The Morgan fingerprint density at radius 2 is 2.25 bits per heavy atom. The maximum Gasteiger partial charge on any atom is 0.231 e. The lowest BCUT2D eigenvalue weighted by molar-refractivity contribution is 0.607. The van der Waals surface area contributed by atoms with Gasteiger partial charge in [0, 0.05) is 7.05 Å². The van der Waals surface area contributed by atoms with E-state index in [9.17, 15) is 8.42 Å². The third kappa shape index (κ3) is 2.67. The molecule has 1 heterocycles. The topological polar surface area (TPSA) is 71.1 Å². The van der Waals surface area contributed by atoms with E-state index in [0.717, 1.165) is 11.3 Å². The minimum atomic E-state index is -3.20. The molecule has 68 valence electrons. The molecule has 12 heavy (non-hydrogen) atoms. The summed E-state index contributed by atoms with van der Waals surface area (Å²) in [5.74, 6) is 0. The van der Waals surface area contributed by atoms with Crippen LogP contribution in [0.25, 0.3) is 0 Å². The molecule has 0 aromatic carbocycles. The van der Waals surface area contributed by atoms with Gasteiger partial charge in [0.25, 0.3) is 0 Å². The molecule has 1 rings (SSSR count). The second-order valence-electron chi connectivity index (χ2n) is 2.15. The highest BCUT2D eigenvalue weighted by Crippen LogP contribution is 2.22. The highest BCUT2D eigenvalue weighted by molar-refractivity contribution is 7.92. The molecule has 0 aliphatic rings. The largest absolute Gasteiger partial charge is 0.379 e. The number of thiazole rings is 1. The fraction of sp³-hybridized carbons (Fsp3) is 0.400. The lowest BCUT2D eigenvalue weighted by Gasteiger charge is -1.95. The molecule has 5 nitrogen and oxygen atoms in total. The molecule has 0 spiro atoms. The van der Waals surface area contributed by atoms with Gasteiger partial charge in [-0.05, 0) is 0 Å². The van der Waals surface area contributed by atoms with Crippen LogP contribution in [0.5, 0.6) is 0 Å². The Kier molecular flexibility index (Phi) is 2.53. The van der Waals surface area contributed by atoms with Gasteiger partial charge in [0.05, 0.1) is 12.5 Å². The summed E-state index contributed by atoms with van der Waals surface area (Å²) in [6, 6.07) is 0. The Bertz CT molecular complexity index is 357. The molecule has 7 heteroatoms. The predicted molar refractivity (Wildman–Crippen MR) is 50.1 cm³/mol. The van der Waals surface area contributed by atoms with Crippen LogP contribution in [0.1, 0.15) is 0 Å². The first-order chi connectivity index (χ1) is 5.51. The van der Waals surface area contributed by atoms with E-state index in [-0.39, 0.29) is 0 Å². The van der Waals surface area contributed by atoms with Gasteiger partial charge in [-0.3, -0.25) is 4.72 Å². The van der Waals surface area contributed by atoms with Gasteiger partial charge in [0.1, 0.15) is 5.00 Å². The maximum absolute atomic E-state index is 10.7. The zero-order valence-corrected chi connectivity index (χ0v) is 8.29. The number of anilines is 2. The molecule has 0 atom stereocenters. The van der Waals surface area contributed by atoms with Gasteiger partial charge >= 0.3 is 0 Å². The lowest BCUT2D eigenvalue weighted by Crippen LogP contribution is -2.08. The Morgan fingerprint density at radius 1 is 1.58 bits per heavy atom. The summed E-state index contributed by atoms with van der Waals surface area (Å²) in [6.45, 7) is 0. The Labute approximate surface area is 74.9 Å². The van der Waals surface area contributed by atoms with Gasteiger partial charge in [-0.15, -0.1) is 0 Å². The summed E-state index contributed by atoms with van der Waals surface area (Å²) >= 11 is 1.25. The van der Waals surface area contributed by atoms with Crippen LogP contribution in [0.3, 0.4) is 0 Å². The molecule has 0 fully saturated rings. The average Bonchev–Trinajstić information content (AvgIpc) is 2.32. The smallest absolute Gasteiger partial charge is 0.231 e. The minimum Gasteiger partial charge on any atom is -0.379 e. The highest BCUT2D eigenvalue weighted by Gasteiger charge is 2.05. The summed E-state index contributed by atoms with van der Waals surface area (Å²) in [4.78, 5) is 3.84. The van der Waals surface area contributed by atoms with E-state index < -0.39 is 10.0 Å². The number of aromatic nitrogens is 1. The molecule has 0 saturated heterocycles. The fourth-order valence-corrected chi connectivity index (χ4v) is 2.11. The molecule has 0 amide bonds. The van der Waals surface area contributed by atoms with Crippen molar-refractivity contribution in [1.29, 1.82) is 0 Å². The second-order valence-corrected chi connectivity index (χ2v) is 4.93. The van der Waals surface area contributed by atoms with Crippen LogP contribution in [0, 0.1) is 0 Å². The van der Waals surface area contributed by atoms with Crippen molar-refractivity contribution >= 4 is 31.5 Å². The third-order valence-electron chi connectivity index (χ3n) is 1.02. The van der Waals surface area contributed by atoms with E-state index in [1.165, 1.54) is 11.3 Å². The molecule has 0 bridgehead atoms. The number of nitrogens with zero attached hydrogens (tertiary/aromatic N) is 1. The van der Waals surface area contributed by atoms with Crippen molar-refractivity contribution in [3.8, 4) is 0 Å². The third-order valence-corrected chi connectivity index (χ3v) is 2.65. The molecule has 0 radical (unpaired) electrons. The molecule has 2 N–H and O–H groups in total. The van der Waals surface area contributed by atoms with Crippen molar-refractivity contribution < 1.29 is 8.42 Å². The van der Waals surface area contributed by atoms with Gasteiger partial charge in [-0.25, -0.2) is 13.4 Å². The SMILES string of the molecule is CNc1cnc(NS(C)(=O)=O)s1. The first-order valence-electron chi connectivity index (χ1n) is 3.12. The number of rotatable bonds is 3. The van der Waals surface area contributed by atoms with Crippen molar-refractivity contribution in [2.75, 3.05) is 23.3 Å². The number of sulfonamides is 1. The van der Waals surface area contributed by atoms with Gasteiger partial charge in [0.2, 0.25) is 10.0 Å². The Morgan fingerprint density at radius 3 is 2.67 bits per heavy atom. The van der Waals surface area contributed by atoms with Gasteiger partial charge in [-0.2, -0.15) is 0 Å². The van der Waals surface area contributed by atoms with E-state index in [1.54, 1.807) is 13.2 Å². The zero-order valence-electron chi connectivity index (χ0n) is 6.66. The van der Waals surface area contributed by atoms with Gasteiger partial charge in [0.15, 0.2) is 5.13 Å². The first-order valence-corrected chi connectivity index (χ1v) is 5.83. The van der Waals surface area contributed by atoms with Crippen LogP contribution in [0.15, 0.2) is 6.20 Å². The molecule has 0 aliphatic carbocycles. The molecule has 0 aliphatic heterocycles. The maximum atomic E-state index is 10.7. The van der Waals surface area contributed by atoms with Gasteiger partial charge in [-0.1, -0.05) is 11.3 Å². The van der Waals surface area contributed by atoms with Gasteiger partial charge < -0.3 is 5.32 Å². The molecule has 1 aromatic rings. The van der Waals surface area contributed by atoms with E-state index in [4.69, 9.17) is 0 Å². The summed E-state index contributed by atoms with van der Waals surface area (Å²) in [6.07, 6.45) is 2.66. The van der Waals surface area contributed by atoms with Crippen LogP contribution in [0.4, 0.5) is 10.1 Å². The van der Waals surface area contributed by atoms with Crippen molar-refractivity contribution in [3.05, 3.63) is 6.20 Å². The van der Waals surface area contributed by atoms with Crippen molar-refractivity contribution in [2.45, 2.75) is 0 Å². The molecular weight excluding hydrogens is 198 g/mol. The standard InChI is InChI=1S/C5H9N3O2S2/c1-6-4-3-7-5(11-4)8-12(2,9)10/h3,6H,1-2H3,(H,7,8). The fourth-order valence-electron chi connectivity index (χ4n) is 0.595. The van der Waals surface area contributed by atoms with Crippen LogP contribution in [0.2, 0.25) is 0 Å². The van der Waals surface area contributed by atoms with E-state index in [2.05, 4.69) is 15.0 Å². The average molecular weight is 207 g/mol. The molecular formula is C5H9N3O2S2. The summed E-state index contributed by atoms with van der Waals surface area (Å²) in [7, 11) is -1.45. The van der Waals surface area contributed by atoms with Crippen molar-refractivity contribution in [1.82, 2.24) is 4.98 Å². The monoisotopic (exact) mass is 207 g/mol. The Hall–Kier alpha value is -0.820. The predicted octanol–water partition coefficient (Wildman–Crippen LogP) is 0.556.